The van der Waals surface area contributed by atoms with Gasteiger partial charge in [-0.1, -0.05) is 11.6 Å². The second-order valence-corrected chi connectivity index (χ2v) is 7.51. The minimum Gasteiger partial charge on any atom is -0.467 e. The first-order valence-electron chi connectivity index (χ1n) is 6.74. The van der Waals surface area contributed by atoms with Crippen molar-refractivity contribution in [3.05, 3.63) is 44.6 Å². The second-order valence-electron chi connectivity index (χ2n) is 5.03. The van der Waals surface area contributed by atoms with Crippen molar-refractivity contribution in [2.24, 2.45) is 0 Å². The first kappa shape index (κ1) is 14.4. The second kappa shape index (κ2) is 5.77. The summed E-state index contributed by atoms with van der Waals surface area (Å²) in [6.45, 7) is 0.738. The van der Waals surface area contributed by atoms with E-state index >= 15 is 0 Å². The molecule has 7 heteroatoms. The first-order chi connectivity index (χ1) is 10.7. The Morgan fingerprint density at radius 1 is 1.36 bits per heavy atom. The van der Waals surface area contributed by atoms with Crippen molar-refractivity contribution >= 4 is 46.3 Å². The van der Waals surface area contributed by atoms with Crippen molar-refractivity contribution < 1.29 is 14.3 Å². The Kier molecular flexibility index (Phi) is 3.78. The topological polar surface area (TPSA) is 47.6 Å². The van der Waals surface area contributed by atoms with E-state index in [1.54, 1.807) is 23.1 Å². The highest BCUT2D eigenvalue weighted by molar-refractivity contribution is 8.00. The standard InChI is InChI=1S/C15H12ClNO3S2/c16-9-3-8-5-19-7-20-13(8)10(4-9)14-15-11(1-2-21-15)17-12(18)6-22-14/h1-4,14H,5-7H2,(H,17,18)/t14-/m0/s1. The fraction of sp³-hybridized carbons (Fsp3) is 0.267. The van der Waals surface area contributed by atoms with Crippen LogP contribution in [0.15, 0.2) is 23.6 Å². The summed E-state index contributed by atoms with van der Waals surface area (Å²) in [5, 5.41) is 5.62. The van der Waals surface area contributed by atoms with E-state index < -0.39 is 0 Å². The molecule has 1 amide bonds. The lowest BCUT2D eigenvalue weighted by atomic mass is 10.0. The summed E-state index contributed by atoms with van der Waals surface area (Å²) in [4.78, 5) is 13.0. The average molecular weight is 354 g/mol. The number of benzene rings is 1. The van der Waals surface area contributed by atoms with E-state index in [0.29, 0.717) is 17.4 Å². The summed E-state index contributed by atoms with van der Waals surface area (Å²) in [5.41, 5.74) is 2.85. The van der Waals surface area contributed by atoms with E-state index in [1.807, 2.05) is 23.6 Å². The molecule has 114 valence electrons. The highest BCUT2D eigenvalue weighted by atomic mass is 35.5. The molecular formula is C15H12ClNO3S2. The molecule has 1 aromatic heterocycles. The van der Waals surface area contributed by atoms with E-state index in [4.69, 9.17) is 21.1 Å². The number of nitrogens with one attached hydrogen (secondary N) is 1. The van der Waals surface area contributed by atoms with E-state index in [0.717, 1.165) is 27.4 Å². The van der Waals surface area contributed by atoms with E-state index in [9.17, 15) is 4.79 Å². The number of halogens is 1. The summed E-state index contributed by atoms with van der Waals surface area (Å²) < 4.78 is 11.1. The molecule has 3 heterocycles. The monoisotopic (exact) mass is 353 g/mol. The molecule has 2 aromatic rings. The van der Waals surface area contributed by atoms with Gasteiger partial charge in [0.25, 0.3) is 0 Å². The maximum Gasteiger partial charge on any atom is 0.234 e. The van der Waals surface area contributed by atoms with Gasteiger partial charge in [-0.05, 0) is 23.6 Å². The number of thioether (sulfide) groups is 1. The fourth-order valence-electron chi connectivity index (χ4n) is 2.68. The molecule has 1 atom stereocenters. The van der Waals surface area contributed by atoms with Crippen LogP contribution in [0, 0.1) is 0 Å². The van der Waals surface area contributed by atoms with Gasteiger partial charge in [0.15, 0.2) is 6.79 Å². The van der Waals surface area contributed by atoms with Crippen LogP contribution in [-0.4, -0.2) is 18.5 Å². The van der Waals surface area contributed by atoms with Crippen molar-refractivity contribution in [2.45, 2.75) is 11.9 Å². The summed E-state index contributed by atoms with van der Waals surface area (Å²) >= 11 is 9.50. The smallest absolute Gasteiger partial charge is 0.234 e. The largest absolute Gasteiger partial charge is 0.467 e. The zero-order chi connectivity index (χ0) is 15.1. The Labute approximate surface area is 140 Å². The van der Waals surface area contributed by atoms with Crippen LogP contribution >= 0.6 is 34.7 Å². The Hall–Kier alpha value is -1.21. The molecule has 4 rings (SSSR count). The van der Waals surface area contributed by atoms with Gasteiger partial charge in [-0.25, -0.2) is 0 Å². The van der Waals surface area contributed by atoms with Gasteiger partial charge in [-0.15, -0.1) is 23.1 Å². The lowest BCUT2D eigenvalue weighted by molar-refractivity contribution is -0.113. The van der Waals surface area contributed by atoms with Gasteiger partial charge in [0.1, 0.15) is 5.75 Å². The molecule has 0 saturated heterocycles. The molecule has 0 bridgehead atoms. The molecule has 1 N–H and O–H groups in total. The molecule has 0 spiro atoms. The van der Waals surface area contributed by atoms with Crippen molar-refractivity contribution in [2.75, 3.05) is 17.9 Å². The van der Waals surface area contributed by atoms with Gasteiger partial charge >= 0.3 is 0 Å². The molecule has 0 fully saturated rings. The van der Waals surface area contributed by atoms with Crippen molar-refractivity contribution in [3.8, 4) is 5.75 Å². The lowest BCUT2D eigenvalue weighted by Crippen LogP contribution is -2.14. The van der Waals surface area contributed by atoms with Crippen molar-refractivity contribution in [3.63, 3.8) is 0 Å². The number of rotatable bonds is 1. The van der Waals surface area contributed by atoms with Gasteiger partial charge in [-0.3, -0.25) is 4.79 Å². The molecular weight excluding hydrogens is 342 g/mol. The number of ether oxygens (including phenoxy) is 2. The van der Waals surface area contributed by atoms with Crippen LogP contribution < -0.4 is 10.1 Å². The average Bonchev–Trinajstić information content (AvgIpc) is 2.89. The highest BCUT2D eigenvalue weighted by Crippen LogP contribution is 2.49. The molecule has 4 nitrogen and oxygen atoms in total. The summed E-state index contributed by atoms with van der Waals surface area (Å²) in [6.07, 6.45) is 0. The maximum absolute atomic E-state index is 11.9. The zero-order valence-electron chi connectivity index (χ0n) is 11.4. The number of thiophene rings is 1. The van der Waals surface area contributed by atoms with Crippen LogP contribution in [0.25, 0.3) is 0 Å². The zero-order valence-corrected chi connectivity index (χ0v) is 13.8. The molecule has 1 aromatic carbocycles. The van der Waals surface area contributed by atoms with Crippen LogP contribution in [0.1, 0.15) is 21.3 Å². The predicted octanol–water partition coefficient (Wildman–Crippen LogP) is 4.04. The van der Waals surface area contributed by atoms with Crippen LogP contribution in [0.4, 0.5) is 5.69 Å². The third kappa shape index (κ3) is 2.50. The van der Waals surface area contributed by atoms with Crippen molar-refractivity contribution in [1.29, 1.82) is 0 Å². The quantitative estimate of drug-likeness (QED) is 0.840. The van der Waals surface area contributed by atoms with Crippen LogP contribution in [0.3, 0.4) is 0 Å². The SMILES string of the molecule is O=C1CS[C@@H](c2cc(Cl)cc3c2OCOC3)c2sccc2N1. The van der Waals surface area contributed by atoms with Gasteiger partial charge in [0.05, 0.1) is 23.3 Å². The fourth-order valence-corrected chi connectivity index (χ4v) is 5.17. The Morgan fingerprint density at radius 3 is 3.18 bits per heavy atom. The maximum atomic E-state index is 11.9. The third-order valence-corrected chi connectivity index (χ3v) is 6.18. The van der Waals surface area contributed by atoms with Crippen LogP contribution in [0.2, 0.25) is 5.02 Å². The predicted molar refractivity (Wildman–Crippen MR) is 89.0 cm³/mol. The Bertz CT molecular complexity index is 746. The van der Waals surface area contributed by atoms with E-state index in [-0.39, 0.29) is 18.0 Å². The number of hydrogen-bond acceptors (Lipinski definition) is 5. The molecule has 2 aliphatic rings. The lowest BCUT2D eigenvalue weighted by Gasteiger charge is -2.24. The third-order valence-electron chi connectivity index (χ3n) is 3.57. The number of carbonyl (C=O) groups is 1. The molecule has 22 heavy (non-hydrogen) atoms. The number of hydrogen-bond donors (Lipinski definition) is 1. The van der Waals surface area contributed by atoms with Crippen LogP contribution in [-0.2, 0) is 16.1 Å². The van der Waals surface area contributed by atoms with Gasteiger partial charge < -0.3 is 14.8 Å². The molecule has 0 saturated carbocycles. The molecule has 2 aliphatic heterocycles. The minimum absolute atomic E-state index is 0.0206. The minimum atomic E-state index is 0.0206. The molecule has 0 radical (unpaired) electrons. The first-order valence-corrected chi connectivity index (χ1v) is 9.04. The number of amides is 1. The molecule has 0 aliphatic carbocycles. The van der Waals surface area contributed by atoms with E-state index in [2.05, 4.69) is 5.32 Å². The highest BCUT2D eigenvalue weighted by Gasteiger charge is 2.30. The number of anilines is 1. The number of carbonyl (C=O) groups excluding carboxylic acids is 1. The Balaban J connectivity index is 1.85. The van der Waals surface area contributed by atoms with E-state index in [1.165, 1.54) is 0 Å². The van der Waals surface area contributed by atoms with Gasteiger partial charge in [0, 0.05) is 21.0 Å². The number of fused-ring (bicyclic) bond motifs is 2. The summed E-state index contributed by atoms with van der Waals surface area (Å²) in [6, 6.07) is 5.75. The normalized spacial score (nSPS) is 20.4. The Morgan fingerprint density at radius 2 is 2.27 bits per heavy atom. The van der Waals surface area contributed by atoms with Gasteiger partial charge in [0.2, 0.25) is 5.91 Å². The van der Waals surface area contributed by atoms with Crippen molar-refractivity contribution in [1.82, 2.24) is 0 Å². The molecule has 0 unspecified atom stereocenters. The van der Waals surface area contributed by atoms with Gasteiger partial charge in [-0.2, -0.15) is 0 Å². The summed E-state index contributed by atoms with van der Waals surface area (Å²) in [7, 11) is 0. The summed E-state index contributed by atoms with van der Waals surface area (Å²) in [5.74, 6) is 1.26. The van der Waals surface area contributed by atoms with Crippen LogP contribution in [0.5, 0.6) is 5.75 Å².